The van der Waals surface area contributed by atoms with Crippen LogP contribution in [-0.4, -0.2) is 22.7 Å². The second-order valence-electron chi connectivity index (χ2n) is 7.62. The molecular weight excluding hydrogens is 280 g/mol. The van der Waals surface area contributed by atoms with Crippen molar-refractivity contribution in [2.75, 3.05) is 11.4 Å². The average Bonchev–Trinajstić information content (AvgIpc) is 2.91. The van der Waals surface area contributed by atoms with Crippen LogP contribution in [0, 0.1) is 5.92 Å². The first-order valence-corrected chi connectivity index (χ1v) is 9.20. The fraction of sp³-hybridized carbons (Fsp3) is 0.824. The van der Waals surface area contributed by atoms with Crippen molar-refractivity contribution in [3.8, 4) is 0 Å². The van der Waals surface area contributed by atoms with Crippen molar-refractivity contribution in [3.63, 3.8) is 0 Å². The maximum absolute atomic E-state index is 9.68. The number of aliphatic hydroxyl groups excluding tert-OH is 1. The molecule has 0 spiro atoms. The lowest BCUT2D eigenvalue weighted by molar-refractivity contribution is 0.243. The summed E-state index contributed by atoms with van der Waals surface area (Å²) in [6.45, 7) is 7.81. The second kappa shape index (κ2) is 5.88. The maximum atomic E-state index is 9.68. The van der Waals surface area contributed by atoms with Crippen molar-refractivity contribution in [3.05, 3.63) is 10.6 Å². The molecule has 1 aliphatic carbocycles. The van der Waals surface area contributed by atoms with Crippen LogP contribution >= 0.6 is 11.3 Å². The van der Waals surface area contributed by atoms with E-state index in [0.717, 1.165) is 28.2 Å². The van der Waals surface area contributed by atoms with Crippen molar-refractivity contribution in [1.29, 1.82) is 0 Å². The Morgan fingerprint density at radius 1 is 1.19 bits per heavy atom. The summed E-state index contributed by atoms with van der Waals surface area (Å²) in [5.41, 5.74) is 1.09. The first kappa shape index (κ1) is 15.3. The fourth-order valence-electron chi connectivity index (χ4n) is 4.02. The molecule has 2 aliphatic rings. The third kappa shape index (κ3) is 2.98. The molecule has 1 N–H and O–H groups in total. The number of nitrogens with zero attached hydrogens (tertiary/aromatic N) is 2. The summed E-state index contributed by atoms with van der Waals surface area (Å²) in [6, 6.07) is 0.693. The molecule has 0 aromatic carbocycles. The van der Waals surface area contributed by atoms with Crippen molar-refractivity contribution in [1.82, 2.24) is 4.98 Å². The SMILES string of the molecule is CC(C)(C)c1nc(N2CCC[C@H]3CCCC[C@H]32)sc1CO. The molecule has 1 aliphatic heterocycles. The van der Waals surface area contributed by atoms with Gasteiger partial charge in [0, 0.05) is 18.0 Å². The van der Waals surface area contributed by atoms with E-state index in [9.17, 15) is 5.11 Å². The first-order valence-electron chi connectivity index (χ1n) is 8.38. The Labute approximate surface area is 132 Å². The molecule has 1 saturated heterocycles. The third-order valence-corrected chi connectivity index (χ3v) is 6.11. The van der Waals surface area contributed by atoms with Gasteiger partial charge in [-0.25, -0.2) is 4.98 Å². The van der Waals surface area contributed by atoms with Gasteiger partial charge >= 0.3 is 0 Å². The molecule has 0 bridgehead atoms. The molecule has 118 valence electrons. The van der Waals surface area contributed by atoms with Crippen molar-refractivity contribution in [2.24, 2.45) is 5.92 Å². The largest absolute Gasteiger partial charge is 0.391 e. The highest BCUT2D eigenvalue weighted by Crippen LogP contribution is 2.41. The van der Waals surface area contributed by atoms with Crippen LogP contribution in [0.5, 0.6) is 0 Å². The number of anilines is 1. The molecule has 2 atom stereocenters. The number of rotatable bonds is 2. The molecule has 3 rings (SSSR count). The van der Waals surface area contributed by atoms with Crippen LogP contribution in [-0.2, 0) is 12.0 Å². The van der Waals surface area contributed by atoms with Crippen LogP contribution < -0.4 is 4.90 Å². The lowest BCUT2D eigenvalue weighted by Crippen LogP contribution is -2.46. The van der Waals surface area contributed by atoms with E-state index in [0.29, 0.717) is 6.04 Å². The number of hydrogen-bond donors (Lipinski definition) is 1. The minimum atomic E-state index is 0.00850. The molecule has 0 amide bonds. The van der Waals surface area contributed by atoms with Gasteiger partial charge in [-0.1, -0.05) is 44.9 Å². The van der Waals surface area contributed by atoms with E-state index in [2.05, 4.69) is 25.7 Å². The predicted octanol–water partition coefficient (Wildman–Crippen LogP) is 4.09. The van der Waals surface area contributed by atoms with E-state index in [1.165, 1.54) is 38.5 Å². The Morgan fingerprint density at radius 3 is 2.57 bits per heavy atom. The van der Waals surface area contributed by atoms with Gasteiger partial charge in [0.1, 0.15) is 0 Å². The predicted molar refractivity (Wildman–Crippen MR) is 89.1 cm³/mol. The molecule has 1 aromatic rings. The topological polar surface area (TPSA) is 36.4 Å². The minimum Gasteiger partial charge on any atom is -0.391 e. The van der Waals surface area contributed by atoms with E-state index < -0.39 is 0 Å². The maximum Gasteiger partial charge on any atom is 0.186 e. The zero-order valence-electron chi connectivity index (χ0n) is 13.6. The van der Waals surface area contributed by atoms with Crippen LogP contribution in [0.3, 0.4) is 0 Å². The summed E-state index contributed by atoms with van der Waals surface area (Å²) in [4.78, 5) is 8.56. The van der Waals surface area contributed by atoms with Gasteiger partial charge in [0.05, 0.1) is 17.2 Å². The molecule has 2 fully saturated rings. The average molecular weight is 308 g/mol. The summed E-state index contributed by atoms with van der Waals surface area (Å²) in [6.07, 6.45) is 8.17. The summed E-state index contributed by atoms with van der Waals surface area (Å²) in [7, 11) is 0. The molecule has 21 heavy (non-hydrogen) atoms. The molecule has 1 aromatic heterocycles. The number of hydrogen-bond acceptors (Lipinski definition) is 4. The van der Waals surface area contributed by atoms with Crippen LogP contribution in [0.4, 0.5) is 5.13 Å². The highest BCUT2D eigenvalue weighted by molar-refractivity contribution is 7.15. The van der Waals surface area contributed by atoms with Gasteiger partial charge in [0.25, 0.3) is 0 Å². The van der Waals surface area contributed by atoms with Gasteiger partial charge in [-0.2, -0.15) is 0 Å². The van der Waals surface area contributed by atoms with Crippen LogP contribution in [0.15, 0.2) is 0 Å². The second-order valence-corrected chi connectivity index (χ2v) is 8.69. The number of aromatic nitrogens is 1. The lowest BCUT2D eigenvalue weighted by atomic mass is 9.78. The Morgan fingerprint density at radius 2 is 1.90 bits per heavy atom. The number of piperidine rings is 1. The summed E-state index contributed by atoms with van der Waals surface area (Å²) in [5, 5.41) is 10.8. The van der Waals surface area contributed by atoms with Gasteiger partial charge in [-0.05, 0) is 31.6 Å². The van der Waals surface area contributed by atoms with Crippen molar-refractivity contribution < 1.29 is 5.11 Å². The molecule has 4 heteroatoms. The number of thiazole rings is 1. The molecule has 1 saturated carbocycles. The molecule has 0 unspecified atom stereocenters. The smallest absolute Gasteiger partial charge is 0.186 e. The van der Waals surface area contributed by atoms with Gasteiger partial charge in [-0.3, -0.25) is 0 Å². The van der Waals surface area contributed by atoms with E-state index in [1.54, 1.807) is 11.3 Å². The van der Waals surface area contributed by atoms with E-state index in [-0.39, 0.29) is 12.0 Å². The molecule has 2 heterocycles. The van der Waals surface area contributed by atoms with Crippen LogP contribution in [0.1, 0.15) is 69.9 Å². The number of aliphatic hydroxyl groups is 1. The summed E-state index contributed by atoms with van der Waals surface area (Å²) >= 11 is 1.71. The zero-order chi connectivity index (χ0) is 15.0. The van der Waals surface area contributed by atoms with Crippen LogP contribution in [0.2, 0.25) is 0 Å². The Kier molecular flexibility index (Phi) is 4.28. The van der Waals surface area contributed by atoms with E-state index in [4.69, 9.17) is 4.98 Å². The monoisotopic (exact) mass is 308 g/mol. The van der Waals surface area contributed by atoms with Crippen LogP contribution in [0.25, 0.3) is 0 Å². The van der Waals surface area contributed by atoms with Gasteiger partial charge in [-0.15, -0.1) is 0 Å². The Bertz CT molecular complexity index is 489. The normalized spacial score (nSPS) is 26.8. The Balaban J connectivity index is 1.90. The first-order chi connectivity index (χ1) is 10.0. The van der Waals surface area contributed by atoms with E-state index >= 15 is 0 Å². The molecule has 3 nitrogen and oxygen atoms in total. The number of fused-ring (bicyclic) bond motifs is 1. The third-order valence-electron chi connectivity index (χ3n) is 5.03. The zero-order valence-corrected chi connectivity index (χ0v) is 14.4. The van der Waals surface area contributed by atoms with Crippen molar-refractivity contribution in [2.45, 2.75) is 77.4 Å². The molecule has 0 radical (unpaired) electrons. The van der Waals surface area contributed by atoms with Gasteiger partial charge < -0.3 is 10.0 Å². The quantitative estimate of drug-likeness (QED) is 0.894. The van der Waals surface area contributed by atoms with Gasteiger partial charge in [0.15, 0.2) is 5.13 Å². The minimum absolute atomic E-state index is 0.00850. The van der Waals surface area contributed by atoms with Crippen molar-refractivity contribution >= 4 is 16.5 Å². The highest BCUT2D eigenvalue weighted by Gasteiger charge is 2.35. The van der Waals surface area contributed by atoms with E-state index in [1.807, 2.05) is 0 Å². The standard InChI is InChI=1S/C17H28N2OS/c1-17(2,3)15-14(11-20)21-16(18-15)19-10-6-8-12-7-4-5-9-13(12)19/h12-13,20H,4-11H2,1-3H3/t12-,13-/m1/s1. The van der Waals surface area contributed by atoms with Gasteiger partial charge in [0.2, 0.25) is 0 Å². The summed E-state index contributed by atoms with van der Waals surface area (Å²) < 4.78 is 0. The fourth-order valence-corrected chi connectivity index (χ4v) is 5.23. The molecular formula is C17H28N2OS. The Hall–Kier alpha value is -0.610. The lowest BCUT2D eigenvalue weighted by Gasteiger charge is -2.44. The summed E-state index contributed by atoms with van der Waals surface area (Å²) in [5.74, 6) is 0.868. The highest BCUT2D eigenvalue weighted by atomic mass is 32.1.